The van der Waals surface area contributed by atoms with Gasteiger partial charge in [-0.1, -0.05) is 24.3 Å². The van der Waals surface area contributed by atoms with Crippen molar-refractivity contribution in [2.24, 2.45) is 0 Å². The molecule has 168 valence electrons. The predicted molar refractivity (Wildman–Crippen MR) is 114 cm³/mol. The Hall–Kier alpha value is -3.01. The molecule has 0 bridgehead atoms. The minimum atomic E-state index is -5.01. The van der Waals surface area contributed by atoms with Crippen LogP contribution in [0.2, 0.25) is 0 Å². The molecule has 0 saturated carbocycles. The van der Waals surface area contributed by atoms with Gasteiger partial charge >= 0.3 is 12.1 Å². The Labute approximate surface area is 185 Å². The van der Waals surface area contributed by atoms with E-state index in [2.05, 4.69) is 9.97 Å². The summed E-state index contributed by atoms with van der Waals surface area (Å²) in [6, 6.07) is 9.87. The molecule has 0 saturated heterocycles. The van der Waals surface area contributed by atoms with Gasteiger partial charge in [0.05, 0.1) is 22.2 Å². The maximum absolute atomic E-state index is 13.4. The number of alkyl halides is 3. The zero-order chi connectivity index (χ0) is 23.0. The van der Waals surface area contributed by atoms with Gasteiger partial charge in [-0.2, -0.15) is 13.2 Å². The Balaban J connectivity index is 1.72. The first-order valence-electron chi connectivity index (χ1n) is 10.0. The third-order valence-electron chi connectivity index (χ3n) is 5.44. The molecule has 1 atom stereocenters. The highest BCUT2D eigenvalue weighted by molar-refractivity contribution is 7.84. The number of para-hydroxylation sites is 1. The summed E-state index contributed by atoms with van der Waals surface area (Å²) in [7, 11) is -0.621. The number of pyridine rings is 1. The molecule has 6 nitrogen and oxygen atoms in total. The minimum Gasteiger partial charge on any atom is -0.307 e. The summed E-state index contributed by atoms with van der Waals surface area (Å²) in [5.41, 5.74) is 3.15. The van der Waals surface area contributed by atoms with Gasteiger partial charge in [-0.05, 0) is 49.4 Å². The lowest BCUT2D eigenvalue weighted by Crippen LogP contribution is -2.39. The third-order valence-corrected chi connectivity index (χ3v) is 6.69. The van der Waals surface area contributed by atoms with Crippen LogP contribution < -0.4 is 4.90 Å². The van der Waals surface area contributed by atoms with E-state index in [9.17, 15) is 22.2 Å². The molecule has 10 heteroatoms. The van der Waals surface area contributed by atoms with E-state index < -0.39 is 22.9 Å². The molecule has 3 aromatic rings. The SMILES string of the molecule is Cc1cccnc1-n1c(S(=O)Cc2ccccc2N(C)C(=O)C(F)(F)F)nc2c1CCC2. The van der Waals surface area contributed by atoms with Crippen molar-refractivity contribution in [3.8, 4) is 5.82 Å². The number of carbonyl (C=O) groups is 1. The Morgan fingerprint density at radius 2 is 1.94 bits per heavy atom. The van der Waals surface area contributed by atoms with Gasteiger partial charge in [0.15, 0.2) is 0 Å². The molecular formula is C22H21F3N4O2S. The number of amides is 1. The normalized spacial score (nSPS) is 14.3. The summed E-state index contributed by atoms with van der Waals surface area (Å²) in [6.45, 7) is 1.91. The zero-order valence-electron chi connectivity index (χ0n) is 17.5. The Morgan fingerprint density at radius 3 is 2.66 bits per heavy atom. The van der Waals surface area contributed by atoms with Crippen molar-refractivity contribution in [3.63, 3.8) is 0 Å². The summed E-state index contributed by atoms with van der Waals surface area (Å²) in [5.74, 6) is -1.43. The molecule has 2 aromatic heterocycles. The minimum absolute atomic E-state index is 0.0582. The molecule has 4 rings (SSSR count). The fraction of sp³-hybridized carbons (Fsp3) is 0.318. The number of rotatable bonds is 5. The van der Waals surface area contributed by atoms with Crippen molar-refractivity contribution < 1.29 is 22.2 Å². The standard InChI is InChI=1S/C22H21F3N4O2S/c1-14-7-6-12-26-19(14)29-18-11-5-9-16(18)27-21(29)32(31)13-15-8-3-4-10-17(15)28(2)20(30)22(23,24)25/h3-4,6-8,10,12H,5,9,11,13H2,1-2H3. The van der Waals surface area contributed by atoms with E-state index in [0.717, 1.165) is 43.3 Å². The number of halogens is 3. The van der Waals surface area contributed by atoms with E-state index in [1.807, 2.05) is 23.6 Å². The summed E-state index contributed by atoms with van der Waals surface area (Å²) >= 11 is 0. The second-order valence-electron chi connectivity index (χ2n) is 7.60. The number of hydrogen-bond donors (Lipinski definition) is 0. The van der Waals surface area contributed by atoms with Crippen molar-refractivity contribution in [2.45, 2.75) is 43.3 Å². The average molecular weight is 462 g/mol. The summed E-state index contributed by atoms with van der Waals surface area (Å²) < 4.78 is 54.1. The largest absolute Gasteiger partial charge is 0.471 e. The summed E-state index contributed by atoms with van der Waals surface area (Å²) in [6.07, 6.45) is -0.839. The first kappa shape index (κ1) is 22.2. The van der Waals surface area contributed by atoms with Gasteiger partial charge in [0.1, 0.15) is 5.82 Å². The molecule has 0 aliphatic heterocycles. The fourth-order valence-electron chi connectivity index (χ4n) is 3.90. The Morgan fingerprint density at radius 1 is 1.19 bits per heavy atom. The van der Waals surface area contributed by atoms with Crippen molar-refractivity contribution in [3.05, 3.63) is 65.1 Å². The van der Waals surface area contributed by atoms with Gasteiger partial charge in [0.25, 0.3) is 0 Å². The summed E-state index contributed by atoms with van der Waals surface area (Å²) in [5, 5.41) is 0.316. The lowest BCUT2D eigenvalue weighted by atomic mass is 10.2. The number of benzene rings is 1. The predicted octanol–water partition coefficient (Wildman–Crippen LogP) is 3.90. The van der Waals surface area contributed by atoms with Crippen LogP contribution in [0.5, 0.6) is 0 Å². The molecular weight excluding hydrogens is 441 g/mol. The van der Waals surface area contributed by atoms with Crippen molar-refractivity contribution in [1.29, 1.82) is 0 Å². The van der Waals surface area contributed by atoms with E-state index >= 15 is 0 Å². The smallest absolute Gasteiger partial charge is 0.307 e. The number of carbonyl (C=O) groups excluding carboxylic acids is 1. The maximum Gasteiger partial charge on any atom is 0.471 e. The number of aryl methyl sites for hydroxylation is 2. The molecule has 2 heterocycles. The van der Waals surface area contributed by atoms with Gasteiger partial charge < -0.3 is 4.90 Å². The van der Waals surface area contributed by atoms with Crippen molar-refractivity contribution in [1.82, 2.24) is 14.5 Å². The van der Waals surface area contributed by atoms with Crippen LogP contribution in [0.15, 0.2) is 47.8 Å². The number of nitrogens with zero attached hydrogens (tertiary/aromatic N) is 4. The van der Waals surface area contributed by atoms with Crippen molar-refractivity contribution >= 4 is 22.4 Å². The van der Waals surface area contributed by atoms with Crippen molar-refractivity contribution in [2.75, 3.05) is 11.9 Å². The monoisotopic (exact) mass is 462 g/mol. The number of aromatic nitrogens is 3. The molecule has 1 aromatic carbocycles. The Kier molecular flexibility index (Phi) is 5.89. The van der Waals surface area contributed by atoms with E-state index in [0.29, 0.717) is 21.4 Å². The van der Waals surface area contributed by atoms with Gasteiger partial charge in [-0.25, -0.2) is 9.97 Å². The Bertz CT molecular complexity index is 1210. The van der Waals surface area contributed by atoms with Crippen LogP contribution in [0.4, 0.5) is 18.9 Å². The fourth-order valence-corrected chi connectivity index (χ4v) is 5.17. The highest BCUT2D eigenvalue weighted by Crippen LogP contribution is 2.31. The van der Waals surface area contributed by atoms with Crippen LogP contribution in [0, 0.1) is 6.92 Å². The number of anilines is 1. The molecule has 1 amide bonds. The molecule has 0 spiro atoms. The molecule has 1 aliphatic rings. The van der Waals surface area contributed by atoms with Crippen LogP contribution in [-0.4, -0.2) is 37.9 Å². The maximum atomic E-state index is 13.4. The van der Waals surface area contributed by atoms with Gasteiger partial charge in [-0.3, -0.25) is 13.6 Å². The molecule has 32 heavy (non-hydrogen) atoms. The number of imidazole rings is 1. The second-order valence-corrected chi connectivity index (χ2v) is 8.95. The lowest BCUT2D eigenvalue weighted by molar-refractivity contribution is -0.170. The third kappa shape index (κ3) is 4.06. The molecule has 0 N–H and O–H groups in total. The molecule has 0 fully saturated rings. The number of hydrogen-bond acceptors (Lipinski definition) is 4. The van der Waals surface area contributed by atoms with Crippen LogP contribution in [0.25, 0.3) is 5.82 Å². The number of fused-ring (bicyclic) bond motifs is 1. The van der Waals surface area contributed by atoms with Gasteiger partial charge in [0, 0.05) is 24.6 Å². The van der Waals surface area contributed by atoms with Crippen LogP contribution in [0.3, 0.4) is 0 Å². The topological polar surface area (TPSA) is 68.1 Å². The highest BCUT2D eigenvalue weighted by atomic mass is 32.2. The summed E-state index contributed by atoms with van der Waals surface area (Å²) in [4.78, 5) is 21.4. The van der Waals surface area contributed by atoms with E-state index in [1.54, 1.807) is 18.3 Å². The van der Waals surface area contributed by atoms with E-state index in [-0.39, 0.29) is 11.4 Å². The van der Waals surface area contributed by atoms with Gasteiger partial charge in [-0.15, -0.1) is 0 Å². The zero-order valence-corrected chi connectivity index (χ0v) is 18.3. The lowest BCUT2D eigenvalue weighted by Gasteiger charge is -2.21. The van der Waals surface area contributed by atoms with E-state index in [1.165, 1.54) is 12.1 Å². The van der Waals surface area contributed by atoms with Gasteiger partial charge in [0.2, 0.25) is 5.16 Å². The highest BCUT2D eigenvalue weighted by Gasteiger charge is 2.42. The molecule has 1 aliphatic carbocycles. The second kappa shape index (κ2) is 8.50. The molecule has 0 radical (unpaired) electrons. The quantitative estimate of drug-likeness (QED) is 0.577. The average Bonchev–Trinajstić information content (AvgIpc) is 3.34. The van der Waals surface area contributed by atoms with Crippen LogP contribution >= 0.6 is 0 Å². The molecule has 1 unspecified atom stereocenters. The van der Waals surface area contributed by atoms with Crippen LogP contribution in [0.1, 0.15) is 28.9 Å². The van der Waals surface area contributed by atoms with Crippen LogP contribution in [-0.2, 0) is 34.2 Å². The van der Waals surface area contributed by atoms with E-state index in [4.69, 9.17) is 0 Å². The first-order valence-corrected chi connectivity index (χ1v) is 11.3. The first-order chi connectivity index (χ1) is 15.2.